The summed E-state index contributed by atoms with van der Waals surface area (Å²) in [6, 6.07) is 18.3. The monoisotopic (exact) mass is 420 g/mol. The number of benzene rings is 2. The first-order valence-electron chi connectivity index (χ1n) is 10.6. The Bertz CT molecular complexity index is 1030. The third-order valence-corrected chi connectivity index (χ3v) is 6.54. The SMILES string of the molecule is NC(=NCC1CCCCC1)c1c(Cc2ccc(Nc3ccccc3)cc2)s[nH]c1=O. The fourth-order valence-electron chi connectivity index (χ4n) is 3.98. The van der Waals surface area contributed by atoms with Crippen molar-refractivity contribution in [2.75, 3.05) is 11.9 Å². The summed E-state index contributed by atoms with van der Waals surface area (Å²) >= 11 is 1.35. The van der Waals surface area contributed by atoms with Crippen LogP contribution >= 0.6 is 11.5 Å². The molecule has 0 aliphatic heterocycles. The van der Waals surface area contributed by atoms with Crippen molar-refractivity contribution in [3.05, 3.63) is 81.0 Å². The highest BCUT2D eigenvalue weighted by molar-refractivity contribution is 7.06. The molecule has 1 aromatic heterocycles. The van der Waals surface area contributed by atoms with Gasteiger partial charge in [0.05, 0.1) is 5.56 Å². The van der Waals surface area contributed by atoms with Gasteiger partial charge >= 0.3 is 0 Å². The number of hydrogen-bond donors (Lipinski definition) is 3. The normalized spacial score (nSPS) is 15.3. The van der Waals surface area contributed by atoms with Crippen LogP contribution in [0.2, 0.25) is 0 Å². The molecule has 0 spiro atoms. The van der Waals surface area contributed by atoms with Crippen molar-refractivity contribution < 1.29 is 0 Å². The molecule has 0 bridgehead atoms. The smallest absolute Gasteiger partial charge is 0.269 e. The average molecular weight is 421 g/mol. The van der Waals surface area contributed by atoms with Crippen molar-refractivity contribution in [1.82, 2.24) is 4.37 Å². The quantitative estimate of drug-likeness (QED) is 0.369. The van der Waals surface area contributed by atoms with E-state index in [2.05, 4.69) is 38.9 Å². The van der Waals surface area contributed by atoms with Gasteiger partial charge in [0.15, 0.2) is 0 Å². The molecule has 3 aromatic rings. The van der Waals surface area contributed by atoms with Gasteiger partial charge in [0.1, 0.15) is 5.84 Å². The van der Waals surface area contributed by atoms with Gasteiger partial charge in [-0.25, -0.2) is 0 Å². The Morgan fingerprint density at radius 3 is 2.47 bits per heavy atom. The Labute approximate surface area is 181 Å². The van der Waals surface area contributed by atoms with Gasteiger partial charge in [-0.2, -0.15) is 0 Å². The first-order chi connectivity index (χ1) is 14.7. The molecule has 0 radical (unpaired) electrons. The van der Waals surface area contributed by atoms with Gasteiger partial charge in [-0.05, 0) is 48.6 Å². The average Bonchev–Trinajstić information content (AvgIpc) is 3.15. The van der Waals surface area contributed by atoms with Gasteiger partial charge in [-0.3, -0.25) is 14.2 Å². The molecule has 156 valence electrons. The van der Waals surface area contributed by atoms with E-state index in [1.165, 1.54) is 43.6 Å². The van der Waals surface area contributed by atoms with Gasteiger partial charge in [-0.1, -0.05) is 61.1 Å². The molecule has 30 heavy (non-hydrogen) atoms. The van der Waals surface area contributed by atoms with Crippen molar-refractivity contribution in [3.63, 3.8) is 0 Å². The summed E-state index contributed by atoms with van der Waals surface area (Å²) in [7, 11) is 0. The van der Waals surface area contributed by atoms with E-state index >= 15 is 0 Å². The fraction of sp³-hybridized carbons (Fsp3) is 0.333. The van der Waals surface area contributed by atoms with E-state index in [-0.39, 0.29) is 5.56 Å². The van der Waals surface area contributed by atoms with Crippen LogP contribution in [0.15, 0.2) is 64.4 Å². The lowest BCUT2D eigenvalue weighted by Gasteiger charge is -2.19. The Hall–Kier alpha value is -2.86. The van der Waals surface area contributed by atoms with Crippen molar-refractivity contribution in [2.24, 2.45) is 16.6 Å². The minimum absolute atomic E-state index is 0.137. The predicted molar refractivity (Wildman–Crippen MR) is 126 cm³/mol. The molecular weight excluding hydrogens is 392 g/mol. The van der Waals surface area contributed by atoms with Crippen LogP contribution in [0.5, 0.6) is 0 Å². The van der Waals surface area contributed by atoms with Crippen LogP contribution in [0, 0.1) is 5.92 Å². The van der Waals surface area contributed by atoms with E-state index in [1.54, 1.807) is 0 Å². The van der Waals surface area contributed by atoms with Crippen LogP contribution < -0.4 is 16.6 Å². The summed E-state index contributed by atoms with van der Waals surface area (Å²) in [5.41, 5.74) is 9.87. The maximum Gasteiger partial charge on any atom is 0.269 e. The molecule has 4 rings (SSSR count). The van der Waals surface area contributed by atoms with Gasteiger partial charge in [-0.15, -0.1) is 0 Å². The summed E-state index contributed by atoms with van der Waals surface area (Å²) < 4.78 is 2.83. The zero-order chi connectivity index (χ0) is 20.8. The molecule has 0 unspecified atom stereocenters. The molecular formula is C24H28N4OS. The van der Waals surface area contributed by atoms with E-state index in [1.807, 2.05) is 30.3 Å². The van der Waals surface area contributed by atoms with E-state index in [4.69, 9.17) is 5.73 Å². The van der Waals surface area contributed by atoms with Gasteiger partial charge in [0, 0.05) is 29.2 Å². The first-order valence-corrected chi connectivity index (χ1v) is 11.4. The number of nitrogens with one attached hydrogen (secondary N) is 2. The number of amidine groups is 1. The van der Waals surface area contributed by atoms with Gasteiger partial charge in [0.25, 0.3) is 5.56 Å². The highest BCUT2D eigenvalue weighted by Gasteiger charge is 2.17. The number of nitrogens with zero attached hydrogens (tertiary/aromatic N) is 1. The van der Waals surface area contributed by atoms with Crippen molar-refractivity contribution in [2.45, 2.75) is 38.5 Å². The summed E-state index contributed by atoms with van der Waals surface area (Å²) in [4.78, 5) is 17.9. The molecule has 1 fully saturated rings. The number of anilines is 2. The summed E-state index contributed by atoms with van der Waals surface area (Å²) in [5, 5.41) is 3.38. The Morgan fingerprint density at radius 1 is 1.03 bits per heavy atom. The standard InChI is InChI=1S/C24H28N4OS/c25-23(26-16-18-7-3-1-4-8-18)22-21(30-28-24(22)29)15-17-11-13-20(14-12-17)27-19-9-5-2-6-10-19/h2,5-6,9-14,18,27H,1,3-4,7-8,15-16H2,(H2,25,26)(H,28,29). The molecule has 0 saturated heterocycles. The second kappa shape index (κ2) is 9.76. The number of H-pyrrole nitrogens is 1. The molecule has 1 aliphatic rings. The fourth-order valence-corrected chi connectivity index (χ4v) is 4.83. The highest BCUT2D eigenvalue weighted by Crippen LogP contribution is 2.24. The second-order valence-corrected chi connectivity index (χ2v) is 8.83. The number of aromatic amines is 1. The van der Waals surface area contributed by atoms with Crippen molar-refractivity contribution in [1.29, 1.82) is 0 Å². The number of hydrogen-bond acceptors (Lipinski definition) is 4. The van der Waals surface area contributed by atoms with Crippen LogP contribution in [0.3, 0.4) is 0 Å². The Balaban J connectivity index is 1.44. The number of aliphatic imine (C=N–C) groups is 1. The molecule has 1 heterocycles. The predicted octanol–water partition coefficient (Wildman–Crippen LogP) is 5.06. The number of aromatic nitrogens is 1. The minimum Gasteiger partial charge on any atom is -0.383 e. The van der Waals surface area contributed by atoms with Crippen LogP contribution in [-0.4, -0.2) is 16.8 Å². The van der Waals surface area contributed by atoms with Gasteiger partial charge < -0.3 is 11.1 Å². The lowest BCUT2D eigenvalue weighted by atomic mass is 9.89. The van der Waals surface area contributed by atoms with Gasteiger partial charge in [0.2, 0.25) is 0 Å². The molecule has 1 aliphatic carbocycles. The molecule has 0 atom stereocenters. The van der Waals surface area contributed by atoms with E-state index in [0.29, 0.717) is 23.7 Å². The topological polar surface area (TPSA) is 83.3 Å². The summed E-state index contributed by atoms with van der Waals surface area (Å²) in [6.45, 7) is 0.723. The maximum atomic E-state index is 12.4. The van der Waals surface area contributed by atoms with Crippen LogP contribution in [0.4, 0.5) is 11.4 Å². The minimum atomic E-state index is -0.137. The molecule has 1 saturated carbocycles. The largest absolute Gasteiger partial charge is 0.383 e. The molecule has 2 aromatic carbocycles. The number of para-hydroxylation sites is 1. The van der Waals surface area contributed by atoms with E-state index in [9.17, 15) is 4.79 Å². The lowest BCUT2D eigenvalue weighted by Crippen LogP contribution is -2.24. The third-order valence-electron chi connectivity index (χ3n) is 5.65. The Morgan fingerprint density at radius 2 is 1.73 bits per heavy atom. The lowest BCUT2D eigenvalue weighted by molar-refractivity contribution is 0.367. The molecule has 4 N–H and O–H groups in total. The van der Waals surface area contributed by atoms with Crippen molar-refractivity contribution in [3.8, 4) is 0 Å². The summed E-state index contributed by atoms with van der Waals surface area (Å²) in [6.07, 6.45) is 6.96. The summed E-state index contributed by atoms with van der Waals surface area (Å²) in [5.74, 6) is 0.976. The Kier molecular flexibility index (Phi) is 6.64. The van der Waals surface area contributed by atoms with Crippen molar-refractivity contribution >= 4 is 28.7 Å². The zero-order valence-electron chi connectivity index (χ0n) is 17.1. The zero-order valence-corrected chi connectivity index (χ0v) is 17.9. The molecule has 5 nitrogen and oxygen atoms in total. The van der Waals surface area contributed by atoms with Crippen LogP contribution in [-0.2, 0) is 6.42 Å². The number of rotatable bonds is 7. The first kappa shape index (κ1) is 20.4. The van der Waals surface area contributed by atoms with Crippen LogP contribution in [0.1, 0.15) is 48.1 Å². The number of nitrogens with two attached hydrogens (primary N) is 1. The second-order valence-electron chi connectivity index (χ2n) is 7.93. The molecule has 6 heteroatoms. The molecule has 0 amide bonds. The third kappa shape index (κ3) is 5.19. The van der Waals surface area contributed by atoms with E-state index < -0.39 is 0 Å². The highest BCUT2D eigenvalue weighted by atomic mass is 32.1. The maximum absolute atomic E-state index is 12.4. The van der Waals surface area contributed by atoms with E-state index in [0.717, 1.165) is 28.4 Å². The van der Waals surface area contributed by atoms with Crippen LogP contribution in [0.25, 0.3) is 0 Å².